The van der Waals surface area contributed by atoms with Gasteiger partial charge in [-0.1, -0.05) is 25.1 Å². The zero-order valence-corrected chi connectivity index (χ0v) is 17.1. The van der Waals surface area contributed by atoms with Gasteiger partial charge in [0.25, 0.3) is 5.91 Å². The van der Waals surface area contributed by atoms with Crippen molar-refractivity contribution in [3.8, 4) is 11.5 Å². The van der Waals surface area contributed by atoms with Gasteiger partial charge in [-0.05, 0) is 66.1 Å². The largest absolute Gasteiger partial charge is 0.493 e. The van der Waals surface area contributed by atoms with Crippen molar-refractivity contribution in [1.82, 2.24) is 0 Å². The number of ether oxygens (including phenoxy) is 2. The van der Waals surface area contributed by atoms with Crippen molar-refractivity contribution in [2.24, 2.45) is 0 Å². The number of hydrogen-bond donors (Lipinski definition) is 2. The molecular weight excluding hydrogens is 383 g/mol. The van der Waals surface area contributed by atoms with Crippen LogP contribution in [0.25, 0.3) is 0 Å². The van der Waals surface area contributed by atoms with Crippen LogP contribution < -0.4 is 20.1 Å². The van der Waals surface area contributed by atoms with Gasteiger partial charge in [-0.3, -0.25) is 4.79 Å². The molecule has 0 aliphatic heterocycles. The quantitative estimate of drug-likeness (QED) is 0.522. The summed E-state index contributed by atoms with van der Waals surface area (Å²) < 4.78 is 23.9. The number of halogens is 1. The van der Waals surface area contributed by atoms with E-state index in [4.69, 9.17) is 9.47 Å². The summed E-state index contributed by atoms with van der Waals surface area (Å²) in [5.74, 6) is 0.319. The summed E-state index contributed by atoms with van der Waals surface area (Å²) in [5.41, 5.74) is 3.87. The van der Waals surface area contributed by atoms with Crippen LogP contribution in [0.2, 0.25) is 0 Å². The highest BCUT2D eigenvalue weighted by Gasteiger charge is 2.09. The average Bonchev–Trinajstić information content (AvgIpc) is 2.78. The van der Waals surface area contributed by atoms with Gasteiger partial charge in [0.15, 0.2) is 18.1 Å². The maximum Gasteiger partial charge on any atom is 0.262 e. The molecule has 0 fully saturated rings. The Morgan fingerprint density at radius 3 is 2.23 bits per heavy atom. The van der Waals surface area contributed by atoms with Gasteiger partial charge in [0.1, 0.15) is 5.82 Å². The third-order valence-corrected chi connectivity index (χ3v) is 4.57. The molecule has 156 valence electrons. The first-order valence-electron chi connectivity index (χ1n) is 9.75. The Hall–Kier alpha value is -3.54. The van der Waals surface area contributed by atoms with E-state index in [1.807, 2.05) is 12.1 Å². The first-order chi connectivity index (χ1) is 14.6. The fourth-order valence-corrected chi connectivity index (χ4v) is 2.88. The van der Waals surface area contributed by atoms with E-state index in [-0.39, 0.29) is 18.3 Å². The number of hydrogen-bond acceptors (Lipinski definition) is 4. The van der Waals surface area contributed by atoms with Gasteiger partial charge in [-0.25, -0.2) is 4.39 Å². The minimum atomic E-state index is -0.360. The van der Waals surface area contributed by atoms with Crippen LogP contribution in [0.3, 0.4) is 0 Å². The SMILES string of the molecule is CCc1ccc(NCc2ccc(OCC(=O)Nc3ccc(F)cc3)c(OC)c2)cc1. The Kier molecular flexibility index (Phi) is 7.27. The number of rotatable bonds is 9. The van der Waals surface area contributed by atoms with Gasteiger partial charge >= 0.3 is 0 Å². The van der Waals surface area contributed by atoms with Crippen LogP contribution in [-0.4, -0.2) is 19.6 Å². The first-order valence-corrected chi connectivity index (χ1v) is 9.75. The van der Waals surface area contributed by atoms with E-state index in [0.29, 0.717) is 23.7 Å². The van der Waals surface area contributed by atoms with Gasteiger partial charge in [-0.2, -0.15) is 0 Å². The molecule has 0 bridgehead atoms. The zero-order chi connectivity index (χ0) is 21.3. The van der Waals surface area contributed by atoms with E-state index in [1.165, 1.54) is 29.8 Å². The normalized spacial score (nSPS) is 10.4. The summed E-state index contributed by atoms with van der Waals surface area (Å²) in [5, 5.41) is 6.03. The molecule has 0 aliphatic rings. The number of anilines is 2. The lowest BCUT2D eigenvalue weighted by Gasteiger charge is -2.13. The molecule has 0 unspecified atom stereocenters. The summed E-state index contributed by atoms with van der Waals surface area (Å²) >= 11 is 0. The summed E-state index contributed by atoms with van der Waals surface area (Å²) in [6.07, 6.45) is 1.01. The molecule has 0 aliphatic carbocycles. The molecule has 0 aromatic heterocycles. The third kappa shape index (κ3) is 5.98. The molecule has 0 atom stereocenters. The number of carbonyl (C=O) groups is 1. The highest BCUT2D eigenvalue weighted by Crippen LogP contribution is 2.28. The number of methoxy groups -OCH3 is 1. The lowest BCUT2D eigenvalue weighted by atomic mass is 10.1. The van der Waals surface area contributed by atoms with Crippen molar-refractivity contribution in [2.45, 2.75) is 19.9 Å². The minimum Gasteiger partial charge on any atom is -0.493 e. The molecule has 3 aromatic carbocycles. The van der Waals surface area contributed by atoms with Crippen molar-refractivity contribution < 1.29 is 18.7 Å². The van der Waals surface area contributed by atoms with Crippen LogP contribution in [0.15, 0.2) is 66.7 Å². The summed E-state index contributed by atoms with van der Waals surface area (Å²) in [6, 6.07) is 19.5. The lowest BCUT2D eigenvalue weighted by Crippen LogP contribution is -2.20. The van der Waals surface area contributed by atoms with Crippen molar-refractivity contribution >= 4 is 17.3 Å². The van der Waals surface area contributed by atoms with Gasteiger partial charge in [0.05, 0.1) is 7.11 Å². The molecule has 3 rings (SSSR count). The molecule has 0 saturated heterocycles. The lowest BCUT2D eigenvalue weighted by molar-refractivity contribution is -0.118. The van der Waals surface area contributed by atoms with Crippen LogP contribution in [0.5, 0.6) is 11.5 Å². The van der Waals surface area contributed by atoms with Gasteiger partial charge in [0.2, 0.25) is 0 Å². The smallest absolute Gasteiger partial charge is 0.262 e. The molecule has 2 N–H and O–H groups in total. The number of nitrogens with one attached hydrogen (secondary N) is 2. The maximum absolute atomic E-state index is 12.9. The van der Waals surface area contributed by atoms with Crippen molar-refractivity contribution in [3.05, 3.63) is 83.7 Å². The number of benzene rings is 3. The predicted molar refractivity (Wildman–Crippen MR) is 117 cm³/mol. The summed E-state index contributed by atoms with van der Waals surface area (Å²) in [4.78, 5) is 12.1. The van der Waals surface area contributed by atoms with Crippen LogP contribution in [0, 0.1) is 5.82 Å². The van der Waals surface area contributed by atoms with Crippen molar-refractivity contribution in [3.63, 3.8) is 0 Å². The first kappa shape index (κ1) is 21.2. The molecule has 1 amide bonds. The Morgan fingerprint density at radius 2 is 1.57 bits per heavy atom. The van der Waals surface area contributed by atoms with Gasteiger partial charge in [-0.15, -0.1) is 0 Å². The number of carbonyl (C=O) groups excluding carboxylic acids is 1. The van der Waals surface area contributed by atoms with Crippen LogP contribution in [0.1, 0.15) is 18.1 Å². The molecule has 0 radical (unpaired) electrons. The van der Waals surface area contributed by atoms with Crippen LogP contribution in [0.4, 0.5) is 15.8 Å². The van der Waals surface area contributed by atoms with E-state index >= 15 is 0 Å². The van der Waals surface area contributed by atoms with E-state index in [0.717, 1.165) is 17.7 Å². The second-order valence-electron chi connectivity index (χ2n) is 6.73. The molecular formula is C24H25FN2O3. The Balaban J connectivity index is 1.55. The maximum atomic E-state index is 12.9. The average molecular weight is 408 g/mol. The summed E-state index contributed by atoms with van der Waals surface area (Å²) in [7, 11) is 1.56. The highest BCUT2D eigenvalue weighted by molar-refractivity contribution is 5.91. The van der Waals surface area contributed by atoms with E-state index in [2.05, 4.69) is 41.8 Å². The Bertz CT molecular complexity index is 973. The standard InChI is InChI=1S/C24H25FN2O3/c1-3-17-4-9-20(10-5-17)26-15-18-6-13-22(23(14-18)29-2)30-16-24(28)27-21-11-7-19(25)8-12-21/h4-14,26H,3,15-16H2,1-2H3,(H,27,28). The molecule has 3 aromatic rings. The van der Waals surface area contributed by atoms with Gasteiger partial charge < -0.3 is 20.1 Å². The molecule has 0 heterocycles. The van der Waals surface area contributed by atoms with Crippen LogP contribution >= 0.6 is 0 Å². The second kappa shape index (κ2) is 10.3. The monoisotopic (exact) mass is 408 g/mol. The molecule has 0 saturated carbocycles. The van der Waals surface area contributed by atoms with Crippen molar-refractivity contribution in [2.75, 3.05) is 24.4 Å². The van der Waals surface area contributed by atoms with E-state index < -0.39 is 0 Å². The molecule has 6 heteroatoms. The second-order valence-corrected chi connectivity index (χ2v) is 6.73. The topological polar surface area (TPSA) is 59.6 Å². The fourth-order valence-electron chi connectivity index (χ4n) is 2.88. The van der Waals surface area contributed by atoms with E-state index in [1.54, 1.807) is 13.2 Å². The Morgan fingerprint density at radius 1 is 0.900 bits per heavy atom. The third-order valence-electron chi connectivity index (χ3n) is 4.57. The predicted octanol–water partition coefficient (Wildman–Crippen LogP) is 5.03. The summed E-state index contributed by atoms with van der Waals surface area (Å²) in [6.45, 7) is 2.58. The highest BCUT2D eigenvalue weighted by atomic mass is 19.1. The minimum absolute atomic E-state index is 0.185. The Labute approximate surface area is 175 Å². The van der Waals surface area contributed by atoms with Crippen molar-refractivity contribution in [1.29, 1.82) is 0 Å². The van der Waals surface area contributed by atoms with E-state index in [9.17, 15) is 9.18 Å². The molecule has 0 spiro atoms. The van der Waals surface area contributed by atoms with Gasteiger partial charge in [0, 0.05) is 17.9 Å². The molecule has 5 nitrogen and oxygen atoms in total. The fraction of sp³-hybridized carbons (Fsp3) is 0.208. The number of aryl methyl sites for hydroxylation is 1. The molecule has 30 heavy (non-hydrogen) atoms. The number of amides is 1. The zero-order valence-electron chi connectivity index (χ0n) is 17.1. The van der Waals surface area contributed by atoms with Crippen LogP contribution in [-0.2, 0) is 17.8 Å².